The Kier molecular flexibility index (Phi) is 7.35. The van der Waals surface area contributed by atoms with Gasteiger partial charge in [-0.3, -0.25) is 0 Å². The molecule has 0 bridgehead atoms. The Labute approximate surface area is 194 Å². The van der Waals surface area contributed by atoms with Crippen molar-refractivity contribution in [2.45, 2.75) is 25.8 Å². The third-order valence-corrected chi connectivity index (χ3v) is 5.63. The highest BCUT2D eigenvalue weighted by molar-refractivity contribution is 5.76. The van der Waals surface area contributed by atoms with Gasteiger partial charge in [0.2, 0.25) is 0 Å². The third kappa shape index (κ3) is 5.40. The number of fused-ring (bicyclic) bond motifs is 1. The van der Waals surface area contributed by atoms with Crippen LogP contribution in [0.2, 0.25) is 0 Å². The molecule has 0 N–H and O–H groups in total. The number of hydrogen-bond donors (Lipinski definition) is 0. The van der Waals surface area contributed by atoms with Gasteiger partial charge in [-0.2, -0.15) is 0 Å². The minimum Gasteiger partial charge on any atom is -0.497 e. The first-order valence-electron chi connectivity index (χ1n) is 11.1. The summed E-state index contributed by atoms with van der Waals surface area (Å²) in [7, 11) is 4.97. The van der Waals surface area contributed by atoms with Crippen molar-refractivity contribution in [3.63, 3.8) is 0 Å². The average Bonchev–Trinajstić information content (AvgIpc) is 3.20. The third-order valence-electron chi connectivity index (χ3n) is 5.63. The SMILES string of the molecule is COc1cccc(OCCCCn2c(Cc3ccc(OC)c(OC)c3)nc3ccccc32)c1. The molecule has 0 amide bonds. The second-order valence-corrected chi connectivity index (χ2v) is 7.77. The first-order chi connectivity index (χ1) is 16.2. The van der Waals surface area contributed by atoms with Crippen molar-refractivity contribution in [1.82, 2.24) is 9.55 Å². The maximum Gasteiger partial charge on any atom is 0.161 e. The van der Waals surface area contributed by atoms with E-state index in [1.165, 1.54) is 0 Å². The van der Waals surface area contributed by atoms with Crippen molar-refractivity contribution in [1.29, 1.82) is 0 Å². The van der Waals surface area contributed by atoms with E-state index >= 15 is 0 Å². The maximum atomic E-state index is 5.90. The van der Waals surface area contributed by atoms with Gasteiger partial charge in [-0.25, -0.2) is 4.98 Å². The lowest BCUT2D eigenvalue weighted by molar-refractivity contribution is 0.301. The Morgan fingerprint density at radius 1 is 0.758 bits per heavy atom. The lowest BCUT2D eigenvalue weighted by Crippen LogP contribution is -2.07. The maximum absolute atomic E-state index is 5.90. The summed E-state index contributed by atoms with van der Waals surface area (Å²) >= 11 is 0. The van der Waals surface area contributed by atoms with E-state index in [2.05, 4.69) is 28.8 Å². The van der Waals surface area contributed by atoms with E-state index in [1.54, 1.807) is 21.3 Å². The minimum absolute atomic E-state index is 0.658. The minimum atomic E-state index is 0.658. The molecule has 0 saturated carbocycles. The molecule has 1 aromatic heterocycles. The van der Waals surface area contributed by atoms with Crippen LogP contribution in [0, 0.1) is 0 Å². The number of unbranched alkanes of at least 4 members (excludes halogenated alkanes) is 1. The summed E-state index contributed by atoms with van der Waals surface area (Å²) in [5.41, 5.74) is 3.30. The molecule has 4 aromatic rings. The molecule has 1 heterocycles. The van der Waals surface area contributed by atoms with E-state index in [0.29, 0.717) is 6.61 Å². The summed E-state index contributed by atoms with van der Waals surface area (Å²) in [6.07, 6.45) is 2.65. The summed E-state index contributed by atoms with van der Waals surface area (Å²) < 4.78 is 24.3. The van der Waals surface area contributed by atoms with Crippen molar-refractivity contribution < 1.29 is 18.9 Å². The van der Waals surface area contributed by atoms with Crippen molar-refractivity contribution in [2.75, 3.05) is 27.9 Å². The van der Waals surface area contributed by atoms with Crippen molar-refractivity contribution in [2.24, 2.45) is 0 Å². The predicted molar refractivity (Wildman–Crippen MR) is 130 cm³/mol. The van der Waals surface area contributed by atoms with Gasteiger partial charge in [0.1, 0.15) is 17.3 Å². The fraction of sp³-hybridized carbons (Fsp3) is 0.296. The van der Waals surface area contributed by atoms with Gasteiger partial charge in [0.25, 0.3) is 0 Å². The molecular weight excluding hydrogens is 416 g/mol. The van der Waals surface area contributed by atoms with Crippen LogP contribution in [-0.2, 0) is 13.0 Å². The number of para-hydroxylation sites is 2. The number of aromatic nitrogens is 2. The zero-order valence-electron chi connectivity index (χ0n) is 19.4. The molecule has 0 saturated heterocycles. The van der Waals surface area contributed by atoms with E-state index in [1.807, 2.05) is 42.5 Å². The number of ether oxygens (including phenoxy) is 4. The van der Waals surface area contributed by atoms with Gasteiger partial charge in [0, 0.05) is 19.0 Å². The molecule has 0 aliphatic rings. The van der Waals surface area contributed by atoms with Crippen LogP contribution in [0.3, 0.4) is 0 Å². The second kappa shape index (κ2) is 10.8. The van der Waals surface area contributed by atoms with Crippen LogP contribution in [0.15, 0.2) is 66.7 Å². The van der Waals surface area contributed by atoms with Crippen LogP contribution < -0.4 is 18.9 Å². The van der Waals surface area contributed by atoms with Crippen LogP contribution in [0.4, 0.5) is 0 Å². The Morgan fingerprint density at radius 3 is 2.39 bits per heavy atom. The fourth-order valence-electron chi connectivity index (χ4n) is 3.94. The fourth-order valence-corrected chi connectivity index (χ4v) is 3.94. The van der Waals surface area contributed by atoms with Gasteiger partial charge >= 0.3 is 0 Å². The Morgan fingerprint density at radius 2 is 1.58 bits per heavy atom. The number of rotatable bonds is 11. The van der Waals surface area contributed by atoms with Gasteiger partial charge in [-0.1, -0.05) is 24.3 Å². The number of aryl methyl sites for hydroxylation is 1. The zero-order valence-corrected chi connectivity index (χ0v) is 19.4. The van der Waals surface area contributed by atoms with Crippen molar-refractivity contribution >= 4 is 11.0 Å². The highest BCUT2D eigenvalue weighted by Gasteiger charge is 2.13. The molecule has 0 radical (unpaired) electrons. The molecular formula is C27H30N2O4. The highest BCUT2D eigenvalue weighted by Crippen LogP contribution is 2.29. The van der Waals surface area contributed by atoms with Crippen LogP contribution in [0.1, 0.15) is 24.2 Å². The van der Waals surface area contributed by atoms with Crippen LogP contribution in [-0.4, -0.2) is 37.5 Å². The summed E-state index contributed by atoms with van der Waals surface area (Å²) in [6, 6.07) is 22.0. The number of methoxy groups -OCH3 is 3. The second-order valence-electron chi connectivity index (χ2n) is 7.77. The van der Waals surface area contributed by atoms with Crippen LogP contribution in [0.5, 0.6) is 23.0 Å². The predicted octanol–water partition coefficient (Wildman–Crippen LogP) is 5.51. The summed E-state index contributed by atoms with van der Waals surface area (Å²) in [5.74, 6) is 4.13. The molecule has 33 heavy (non-hydrogen) atoms. The van der Waals surface area contributed by atoms with Crippen molar-refractivity contribution in [3.8, 4) is 23.0 Å². The molecule has 6 heteroatoms. The Bertz CT molecular complexity index is 1200. The van der Waals surface area contributed by atoms with E-state index in [4.69, 9.17) is 23.9 Å². The molecule has 4 rings (SSSR count). The molecule has 3 aromatic carbocycles. The normalized spacial score (nSPS) is 10.9. The summed E-state index contributed by atoms with van der Waals surface area (Å²) in [5, 5.41) is 0. The van der Waals surface area contributed by atoms with Gasteiger partial charge < -0.3 is 23.5 Å². The average molecular weight is 447 g/mol. The van der Waals surface area contributed by atoms with Gasteiger partial charge in [0.15, 0.2) is 11.5 Å². The standard InChI is InChI=1S/C27H30N2O4/c1-30-21-9-8-10-22(19-21)33-16-7-6-15-29-24-12-5-4-11-23(24)28-27(29)18-20-13-14-25(31-2)26(17-20)32-3/h4-5,8-14,17,19H,6-7,15-16,18H2,1-3H3. The lowest BCUT2D eigenvalue weighted by Gasteiger charge is -2.12. The smallest absolute Gasteiger partial charge is 0.161 e. The number of imidazole rings is 1. The first-order valence-corrected chi connectivity index (χ1v) is 11.1. The summed E-state index contributed by atoms with van der Waals surface area (Å²) in [4.78, 5) is 4.92. The first kappa shape index (κ1) is 22.5. The molecule has 0 atom stereocenters. The molecule has 0 fully saturated rings. The van der Waals surface area contributed by atoms with Gasteiger partial charge in [-0.15, -0.1) is 0 Å². The van der Waals surface area contributed by atoms with E-state index in [-0.39, 0.29) is 0 Å². The zero-order chi connectivity index (χ0) is 23.0. The van der Waals surface area contributed by atoms with E-state index in [9.17, 15) is 0 Å². The van der Waals surface area contributed by atoms with E-state index in [0.717, 1.165) is 71.2 Å². The molecule has 0 spiro atoms. The number of benzene rings is 3. The monoisotopic (exact) mass is 446 g/mol. The molecule has 172 valence electrons. The van der Waals surface area contributed by atoms with E-state index < -0.39 is 0 Å². The largest absolute Gasteiger partial charge is 0.497 e. The lowest BCUT2D eigenvalue weighted by atomic mass is 10.1. The van der Waals surface area contributed by atoms with Crippen LogP contribution >= 0.6 is 0 Å². The van der Waals surface area contributed by atoms with Crippen molar-refractivity contribution in [3.05, 3.63) is 78.1 Å². The number of hydrogen-bond acceptors (Lipinski definition) is 5. The molecule has 0 unspecified atom stereocenters. The molecule has 0 aliphatic heterocycles. The summed E-state index contributed by atoms with van der Waals surface area (Å²) in [6.45, 7) is 1.54. The Balaban J connectivity index is 1.44. The quantitative estimate of drug-likeness (QED) is 0.284. The van der Waals surface area contributed by atoms with Gasteiger partial charge in [-0.05, 0) is 54.8 Å². The molecule has 6 nitrogen and oxygen atoms in total. The van der Waals surface area contributed by atoms with Gasteiger partial charge in [0.05, 0.1) is 39.0 Å². The topological polar surface area (TPSA) is 54.7 Å². The highest BCUT2D eigenvalue weighted by atomic mass is 16.5. The van der Waals surface area contributed by atoms with Crippen LogP contribution in [0.25, 0.3) is 11.0 Å². The number of nitrogens with zero attached hydrogens (tertiary/aromatic N) is 2. The molecule has 0 aliphatic carbocycles. The Hall–Kier alpha value is -3.67.